The first-order valence-electron chi connectivity index (χ1n) is 6.42. The summed E-state index contributed by atoms with van der Waals surface area (Å²) in [5.41, 5.74) is 2.00. The van der Waals surface area contributed by atoms with Crippen LogP contribution >= 0.6 is 0 Å². The molecule has 0 aliphatic rings. The second-order valence-electron chi connectivity index (χ2n) is 4.46. The number of amides is 2. The molecule has 0 aliphatic carbocycles. The summed E-state index contributed by atoms with van der Waals surface area (Å²) in [7, 11) is 1.53. The first kappa shape index (κ1) is 14.6. The zero-order chi connectivity index (χ0) is 15.2. The summed E-state index contributed by atoms with van der Waals surface area (Å²) < 4.78 is 5.06. The molecule has 0 unspecified atom stereocenters. The SMILES string of the molecule is COc1cccc(NC(=O)C(=O)Nc2ccccc2C)c1. The molecular weight excluding hydrogens is 268 g/mol. The van der Waals surface area contributed by atoms with Gasteiger partial charge in [0.25, 0.3) is 0 Å². The molecule has 2 amide bonds. The lowest BCUT2D eigenvalue weighted by Crippen LogP contribution is -2.29. The summed E-state index contributed by atoms with van der Waals surface area (Å²) in [6, 6.07) is 14.1. The zero-order valence-corrected chi connectivity index (χ0v) is 11.8. The number of carbonyl (C=O) groups is 2. The van der Waals surface area contributed by atoms with E-state index in [9.17, 15) is 9.59 Å². The van der Waals surface area contributed by atoms with Gasteiger partial charge in [0.15, 0.2) is 0 Å². The van der Waals surface area contributed by atoms with Gasteiger partial charge in [-0.15, -0.1) is 0 Å². The van der Waals surface area contributed by atoms with Gasteiger partial charge >= 0.3 is 11.8 Å². The number of para-hydroxylation sites is 1. The van der Waals surface area contributed by atoms with Crippen LogP contribution in [0.1, 0.15) is 5.56 Å². The van der Waals surface area contributed by atoms with Crippen LogP contribution < -0.4 is 15.4 Å². The zero-order valence-electron chi connectivity index (χ0n) is 11.8. The Hall–Kier alpha value is -2.82. The quantitative estimate of drug-likeness (QED) is 0.851. The van der Waals surface area contributed by atoms with Crippen molar-refractivity contribution in [1.29, 1.82) is 0 Å². The lowest BCUT2D eigenvalue weighted by atomic mass is 10.2. The minimum Gasteiger partial charge on any atom is -0.497 e. The van der Waals surface area contributed by atoms with E-state index in [0.717, 1.165) is 5.56 Å². The first-order valence-corrected chi connectivity index (χ1v) is 6.42. The molecule has 2 aromatic carbocycles. The highest BCUT2D eigenvalue weighted by molar-refractivity contribution is 6.43. The summed E-state index contributed by atoms with van der Waals surface area (Å²) in [5.74, 6) is -0.842. The van der Waals surface area contributed by atoms with Gasteiger partial charge in [0.05, 0.1) is 7.11 Å². The molecule has 0 bridgehead atoms. The Labute approximate surface area is 122 Å². The van der Waals surface area contributed by atoms with Crippen LogP contribution in [0, 0.1) is 6.92 Å². The lowest BCUT2D eigenvalue weighted by molar-refractivity contribution is -0.133. The maximum Gasteiger partial charge on any atom is 0.314 e. The third kappa shape index (κ3) is 3.82. The predicted molar refractivity (Wildman–Crippen MR) is 81.4 cm³/mol. The number of hydrogen-bond donors (Lipinski definition) is 2. The number of hydrogen-bond acceptors (Lipinski definition) is 3. The summed E-state index contributed by atoms with van der Waals surface area (Å²) >= 11 is 0. The molecule has 0 heterocycles. The topological polar surface area (TPSA) is 67.4 Å². The number of aryl methyl sites for hydroxylation is 1. The van der Waals surface area contributed by atoms with Crippen LogP contribution in [0.5, 0.6) is 5.75 Å². The van der Waals surface area contributed by atoms with E-state index in [-0.39, 0.29) is 0 Å². The molecule has 108 valence electrons. The van der Waals surface area contributed by atoms with Gasteiger partial charge in [0, 0.05) is 17.4 Å². The number of rotatable bonds is 3. The maximum atomic E-state index is 11.9. The summed E-state index contributed by atoms with van der Waals surface area (Å²) in [4.78, 5) is 23.7. The fourth-order valence-electron chi connectivity index (χ4n) is 1.78. The number of methoxy groups -OCH3 is 1. The van der Waals surface area contributed by atoms with Crippen molar-refractivity contribution in [3.05, 3.63) is 54.1 Å². The Balaban J connectivity index is 2.03. The van der Waals surface area contributed by atoms with E-state index >= 15 is 0 Å². The summed E-state index contributed by atoms with van der Waals surface area (Å²) in [5, 5.41) is 5.10. The van der Waals surface area contributed by atoms with Crippen molar-refractivity contribution < 1.29 is 14.3 Å². The van der Waals surface area contributed by atoms with Crippen molar-refractivity contribution in [1.82, 2.24) is 0 Å². The number of ether oxygens (including phenoxy) is 1. The normalized spacial score (nSPS) is 9.81. The van der Waals surface area contributed by atoms with Gasteiger partial charge in [-0.3, -0.25) is 9.59 Å². The van der Waals surface area contributed by atoms with Crippen molar-refractivity contribution in [3.63, 3.8) is 0 Å². The molecule has 0 aromatic heterocycles. The highest BCUT2D eigenvalue weighted by Gasteiger charge is 2.14. The van der Waals surface area contributed by atoms with Gasteiger partial charge in [-0.1, -0.05) is 24.3 Å². The highest BCUT2D eigenvalue weighted by atomic mass is 16.5. The van der Waals surface area contributed by atoms with E-state index in [1.807, 2.05) is 19.1 Å². The van der Waals surface area contributed by atoms with E-state index in [4.69, 9.17) is 4.74 Å². The van der Waals surface area contributed by atoms with E-state index in [0.29, 0.717) is 17.1 Å². The summed E-state index contributed by atoms with van der Waals surface area (Å²) in [6.07, 6.45) is 0. The van der Waals surface area contributed by atoms with Gasteiger partial charge in [-0.05, 0) is 30.7 Å². The number of benzene rings is 2. The van der Waals surface area contributed by atoms with Gasteiger partial charge in [-0.2, -0.15) is 0 Å². The van der Waals surface area contributed by atoms with Crippen LogP contribution in [0.4, 0.5) is 11.4 Å². The molecular formula is C16H16N2O3. The summed E-state index contributed by atoms with van der Waals surface area (Å²) in [6.45, 7) is 1.86. The molecule has 2 aromatic rings. The fraction of sp³-hybridized carbons (Fsp3) is 0.125. The van der Waals surface area contributed by atoms with Crippen molar-refractivity contribution in [2.45, 2.75) is 6.92 Å². The Bertz CT molecular complexity index is 668. The van der Waals surface area contributed by atoms with Crippen LogP contribution in [0.2, 0.25) is 0 Å². The highest BCUT2D eigenvalue weighted by Crippen LogP contribution is 2.17. The van der Waals surface area contributed by atoms with E-state index in [2.05, 4.69) is 10.6 Å². The molecule has 5 heteroatoms. The molecule has 0 radical (unpaired) electrons. The van der Waals surface area contributed by atoms with Crippen LogP contribution in [-0.4, -0.2) is 18.9 Å². The van der Waals surface area contributed by atoms with Crippen molar-refractivity contribution in [2.75, 3.05) is 17.7 Å². The Morgan fingerprint density at radius 2 is 1.67 bits per heavy atom. The largest absolute Gasteiger partial charge is 0.497 e. The van der Waals surface area contributed by atoms with E-state index in [1.54, 1.807) is 36.4 Å². The third-order valence-corrected chi connectivity index (χ3v) is 2.93. The first-order chi connectivity index (χ1) is 10.1. The van der Waals surface area contributed by atoms with Crippen molar-refractivity contribution in [2.24, 2.45) is 0 Å². The molecule has 0 saturated heterocycles. The molecule has 2 N–H and O–H groups in total. The molecule has 0 aliphatic heterocycles. The smallest absolute Gasteiger partial charge is 0.314 e. The Morgan fingerprint density at radius 3 is 2.38 bits per heavy atom. The van der Waals surface area contributed by atoms with Crippen LogP contribution in [0.25, 0.3) is 0 Å². The average Bonchev–Trinajstić information content (AvgIpc) is 2.49. The van der Waals surface area contributed by atoms with Crippen LogP contribution in [0.3, 0.4) is 0 Å². The molecule has 0 atom stereocenters. The van der Waals surface area contributed by atoms with Gasteiger partial charge in [-0.25, -0.2) is 0 Å². The van der Waals surface area contributed by atoms with Gasteiger partial charge in [0.2, 0.25) is 0 Å². The number of anilines is 2. The Kier molecular flexibility index (Phi) is 4.56. The third-order valence-electron chi connectivity index (χ3n) is 2.93. The van der Waals surface area contributed by atoms with Crippen molar-refractivity contribution >= 4 is 23.2 Å². The van der Waals surface area contributed by atoms with Crippen LogP contribution in [-0.2, 0) is 9.59 Å². The fourth-order valence-corrected chi connectivity index (χ4v) is 1.78. The average molecular weight is 284 g/mol. The van der Waals surface area contributed by atoms with Crippen molar-refractivity contribution in [3.8, 4) is 5.75 Å². The standard InChI is InChI=1S/C16H16N2O3/c1-11-6-3-4-9-14(11)18-16(20)15(19)17-12-7-5-8-13(10-12)21-2/h3-10H,1-2H3,(H,17,19)(H,18,20). The molecule has 2 rings (SSSR count). The molecule has 21 heavy (non-hydrogen) atoms. The van der Waals surface area contributed by atoms with Gasteiger partial charge < -0.3 is 15.4 Å². The predicted octanol–water partition coefficient (Wildman–Crippen LogP) is 2.58. The molecule has 5 nitrogen and oxygen atoms in total. The molecule has 0 spiro atoms. The van der Waals surface area contributed by atoms with Gasteiger partial charge in [0.1, 0.15) is 5.75 Å². The second kappa shape index (κ2) is 6.56. The minimum absolute atomic E-state index is 0.499. The molecule has 0 saturated carbocycles. The molecule has 0 fully saturated rings. The minimum atomic E-state index is -0.730. The van der Waals surface area contributed by atoms with E-state index in [1.165, 1.54) is 7.11 Å². The van der Waals surface area contributed by atoms with Crippen LogP contribution in [0.15, 0.2) is 48.5 Å². The Morgan fingerprint density at radius 1 is 0.952 bits per heavy atom. The lowest BCUT2D eigenvalue weighted by Gasteiger charge is -2.09. The second-order valence-corrected chi connectivity index (χ2v) is 4.46. The number of carbonyl (C=O) groups excluding carboxylic acids is 2. The number of nitrogens with one attached hydrogen (secondary N) is 2. The monoisotopic (exact) mass is 284 g/mol. The van der Waals surface area contributed by atoms with E-state index < -0.39 is 11.8 Å². The maximum absolute atomic E-state index is 11.9.